The van der Waals surface area contributed by atoms with E-state index in [1.807, 2.05) is 0 Å². The summed E-state index contributed by atoms with van der Waals surface area (Å²) < 4.78 is 107. The Hall–Kier alpha value is -2.76. The number of urea groups is 1. The molecule has 0 fully saturated rings. The summed E-state index contributed by atoms with van der Waals surface area (Å²) in [4.78, 5) is 21.0. The number of hydrogen-bond donors (Lipinski definition) is 2. The standard InChI is InChI=1S/C34H23ClN6O15S3.2Cu.3Na/c35-23-13-19(57(48,49)50)14-25(32(23)44)39-41-29-27(59(54,55)56)12-16-10-18(6-8-21(16)31(29)43)37-34(47)36-17-5-7-20-15(9-17)11-26(58(51,52)53)28(30(20)42)40-38-24-4-2-1-3-22(24)33(45)46;;;;;/h1-14,42-44H,(H,45,46)(H2,36,37,47)(H,48,49,50)(H,51,52,53)(H,54,55,56);;;;;/q;2*+2;3*+1/p-7. The van der Waals surface area contributed by atoms with E-state index in [0.29, 0.717) is 18.2 Å². The van der Waals surface area contributed by atoms with Crippen LogP contribution in [0.3, 0.4) is 0 Å². The minimum atomic E-state index is -5.50. The zero-order chi connectivity index (χ0) is 43.2. The first-order chi connectivity index (χ1) is 27.5. The molecule has 30 heteroatoms. The minimum Gasteiger partial charge on any atom is -0.871 e. The number of carbonyl (C=O) groups is 2. The Morgan fingerprint density at radius 3 is 1.41 bits per heavy atom. The van der Waals surface area contributed by atoms with Crippen molar-refractivity contribution in [1.82, 2.24) is 0 Å². The van der Waals surface area contributed by atoms with Gasteiger partial charge in [-0.1, -0.05) is 59.2 Å². The van der Waals surface area contributed by atoms with Gasteiger partial charge in [0.25, 0.3) is 0 Å². The van der Waals surface area contributed by atoms with Crippen LogP contribution in [0.5, 0.6) is 17.2 Å². The van der Waals surface area contributed by atoms with E-state index in [1.54, 1.807) is 0 Å². The zero-order valence-corrected chi connectivity index (χ0v) is 43.3. The van der Waals surface area contributed by atoms with Gasteiger partial charge in [0.2, 0.25) is 0 Å². The van der Waals surface area contributed by atoms with Crippen molar-refractivity contribution < 1.29 is 192 Å². The van der Waals surface area contributed by atoms with Crippen molar-refractivity contribution in [3.8, 4) is 17.2 Å². The maximum Gasteiger partial charge on any atom is 2.00 e. The molecule has 0 spiro atoms. The molecule has 2 amide bonds. The fourth-order valence-electron chi connectivity index (χ4n) is 5.41. The van der Waals surface area contributed by atoms with Crippen molar-refractivity contribution in [2.45, 2.75) is 14.7 Å². The van der Waals surface area contributed by atoms with Crippen molar-refractivity contribution in [1.29, 1.82) is 0 Å². The quantitative estimate of drug-likeness (QED) is 0.0734. The number of amides is 2. The van der Waals surface area contributed by atoms with Crippen molar-refractivity contribution in [2.24, 2.45) is 20.5 Å². The fraction of sp³-hybridized carbons (Fsp3) is 0. The van der Waals surface area contributed by atoms with Gasteiger partial charge >= 0.3 is 129 Å². The van der Waals surface area contributed by atoms with Crippen molar-refractivity contribution in [3.05, 3.63) is 95.5 Å². The predicted octanol–water partition coefficient (Wildman–Crippen LogP) is -5.58. The number of carboxylic acid groups (broad SMARTS) is 1. The average molecular weight is 1080 g/mol. The summed E-state index contributed by atoms with van der Waals surface area (Å²) in [7, 11) is -16.0. The van der Waals surface area contributed by atoms with Gasteiger partial charge in [-0.05, 0) is 76.1 Å². The summed E-state index contributed by atoms with van der Waals surface area (Å²) in [5.74, 6) is -5.08. The largest absolute Gasteiger partial charge is 2.00 e. The van der Waals surface area contributed by atoms with Crippen LogP contribution >= 0.6 is 11.6 Å². The van der Waals surface area contributed by atoms with E-state index in [1.165, 1.54) is 30.3 Å². The number of nitrogens with zero attached hydrogens (tertiary/aromatic N) is 4. The van der Waals surface area contributed by atoms with Crippen molar-refractivity contribution >= 4 is 110 Å². The number of aromatic carboxylic acids is 1. The van der Waals surface area contributed by atoms with Crippen LogP contribution < -0.4 is 120 Å². The number of carboxylic acids is 1. The molecule has 0 saturated carbocycles. The van der Waals surface area contributed by atoms with Gasteiger partial charge < -0.3 is 49.5 Å². The molecule has 0 heterocycles. The van der Waals surface area contributed by atoms with Crippen LogP contribution in [0.1, 0.15) is 10.4 Å². The molecule has 0 atom stereocenters. The number of carbonyl (C=O) groups excluding carboxylic acids is 2. The van der Waals surface area contributed by atoms with E-state index in [2.05, 4.69) is 31.1 Å². The summed E-state index contributed by atoms with van der Waals surface area (Å²) in [6, 6.07) is 13.4. The predicted molar refractivity (Wildman–Crippen MR) is 193 cm³/mol. The summed E-state index contributed by atoms with van der Waals surface area (Å²) in [6.07, 6.45) is 0. The van der Waals surface area contributed by atoms with Gasteiger partial charge in [0.15, 0.2) is 0 Å². The van der Waals surface area contributed by atoms with Crippen LogP contribution in [0.4, 0.5) is 38.9 Å². The van der Waals surface area contributed by atoms with Gasteiger partial charge in [0.1, 0.15) is 30.4 Å². The molecule has 0 saturated heterocycles. The van der Waals surface area contributed by atoms with E-state index >= 15 is 0 Å². The third-order valence-electron chi connectivity index (χ3n) is 8.04. The second kappa shape index (κ2) is 23.3. The number of halogens is 1. The van der Waals surface area contributed by atoms with E-state index < -0.39 is 102 Å². The molecule has 0 unspecified atom stereocenters. The number of anilines is 2. The molecule has 2 N–H and O–H groups in total. The molecule has 6 rings (SSSR count). The number of nitrogens with one attached hydrogen (secondary N) is 2. The number of rotatable bonds is 10. The molecule has 6 aromatic carbocycles. The average Bonchev–Trinajstić information content (AvgIpc) is 3.14. The smallest absolute Gasteiger partial charge is 0.871 e. The SMILES string of the molecule is O=C(Nc1ccc2c([O-])c(N=Nc3ccccc3C(=O)[O-])c(S(=O)(=O)[O-])cc2c1)Nc1ccc2c([O-])c(N=Nc3cc(S(=O)(=O)[O-])cc(Cl)c3[O-])c(S(=O)(=O)[O-])cc2c1.[Cu+2].[Cu+2].[Na+].[Na+].[Na+]. The number of azo groups is 2. The van der Waals surface area contributed by atoms with Gasteiger partial charge in [0, 0.05) is 22.0 Å². The first kappa shape index (κ1) is 59.3. The molecule has 0 bridgehead atoms. The Morgan fingerprint density at radius 1 is 0.547 bits per heavy atom. The van der Waals surface area contributed by atoms with Crippen LogP contribution in [0.15, 0.2) is 120 Å². The molecule has 0 aliphatic rings. The van der Waals surface area contributed by atoms with Crippen molar-refractivity contribution in [2.75, 3.05) is 10.6 Å². The van der Waals surface area contributed by atoms with Gasteiger partial charge in [-0.25, -0.2) is 30.0 Å². The normalized spacial score (nSPS) is 11.4. The first-order valence-corrected chi connectivity index (χ1v) is 20.3. The third kappa shape index (κ3) is 13.4. The van der Waals surface area contributed by atoms with Crippen molar-refractivity contribution in [3.63, 3.8) is 0 Å². The van der Waals surface area contributed by atoms with E-state index in [0.717, 1.165) is 36.4 Å². The molecule has 64 heavy (non-hydrogen) atoms. The molecule has 2 radical (unpaired) electrons. The molecule has 0 aliphatic heterocycles. The third-order valence-corrected chi connectivity index (χ3v) is 10.8. The Morgan fingerprint density at radius 2 is 0.984 bits per heavy atom. The Labute approximate surface area is 454 Å². The summed E-state index contributed by atoms with van der Waals surface area (Å²) in [5, 5.41) is 67.6. The zero-order valence-electron chi connectivity index (χ0n) is 32.2. The topological polar surface area (TPSA) is 371 Å². The number of hydrogen-bond acceptors (Lipinski definition) is 19. The van der Waals surface area contributed by atoms with Crippen LogP contribution in [0.25, 0.3) is 21.5 Å². The van der Waals surface area contributed by atoms with Gasteiger partial charge in [-0.2, -0.15) is 5.11 Å². The Balaban J connectivity index is 0.00000410. The van der Waals surface area contributed by atoms with Gasteiger partial charge in [0.05, 0.1) is 43.4 Å². The van der Waals surface area contributed by atoms with Gasteiger partial charge in [-0.15, -0.1) is 15.3 Å². The van der Waals surface area contributed by atoms with Crippen LogP contribution in [-0.2, 0) is 64.5 Å². The van der Waals surface area contributed by atoms with Crippen LogP contribution in [0.2, 0.25) is 5.02 Å². The molecular weight excluding hydrogens is 1060 g/mol. The molecule has 0 aromatic heterocycles. The van der Waals surface area contributed by atoms with E-state index in [4.69, 9.17) is 11.6 Å². The fourth-order valence-corrected chi connectivity index (χ4v) is 7.49. The maximum absolute atomic E-state index is 13.3. The first-order valence-electron chi connectivity index (χ1n) is 15.7. The second-order valence-electron chi connectivity index (χ2n) is 11.9. The molecule has 6 aromatic rings. The van der Waals surface area contributed by atoms with Crippen LogP contribution in [0, 0.1) is 0 Å². The monoisotopic (exact) mass is 1070 g/mol. The summed E-state index contributed by atoms with van der Waals surface area (Å²) >= 11 is 5.69. The number of fused-ring (bicyclic) bond motifs is 2. The summed E-state index contributed by atoms with van der Waals surface area (Å²) in [6.45, 7) is 0. The molecule has 21 nitrogen and oxygen atoms in total. The van der Waals surface area contributed by atoms with Gasteiger partial charge in [-0.3, -0.25) is 0 Å². The second-order valence-corrected chi connectivity index (χ2v) is 16.4. The van der Waals surface area contributed by atoms with E-state index in [-0.39, 0.29) is 161 Å². The minimum absolute atomic E-state index is 0. The number of benzene rings is 6. The Kier molecular flexibility index (Phi) is 21.6. The maximum atomic E-state index is 13.3. The van der Waals surface area contributed by atoms with E-state index in [9.17, 15) is 68.9 Å². The molecule has 322 valence electrons. The summed E-state index contributed by atoms with van der Waals surface area (Å²) in [5.41, 5.74) is -3.76. The molecular formula is C34H16ClCu2N6Na3O15S3. The molecule has 0 aliphatic carbocycles. The van der Waals surface area contributed by atoms with Crippen LogP contribution in [-0.4, -0.2) is 50.9 Å². The Bertz CT molecular complexity index is 3230.